The fourth-order valence-electron chi connectivity index (χ4n) is 4.39. The van der Waals surface area contributed by atoms with Gasteiger partial charge in [-0.3, -0.25) is 0 Å². The van der Waals surface area contributed by atoms with Crippen LogP contribution < -0.4 is 9.47 Å². The van der Waals surface area contributed by atoms with Gasteiger partial charge in [-0.1, -0.05) is 38.1 Å². The molecular weight excluding hydrogens is 524 g/mol. The van der Waals surface area contributed by atoms with Crippen LogP contribution in [0.25, 0.3) is 0 Å². The third-order valence-electron chi connectivity index (χ3n) is 7.24. The van der Waals surface area contributed by atoms with Gasteiger partial charge in [0, 0.05) is 18.6 Å². The van der Waals surface area contributed by atoms with Gasteiger partial charge in [0.1, 0.15) is 23.7 Å². The van der Waals surface area contributed by atoms with E-state index in [1.165, 1.54) is 11.1 Å². The molecule has 228 valence electrons. The zero-order valence-corrected chi connectivity index (χ0v) is 25.2. The second-order valence-corrected chi connectivity index (χ2v) is 11.3. The van der Waals surface area contributed by atoms with Gasteiger partial charge in [-0.25, -0.2) is 0 Å². The quantitative estimate of drug-likeness (QED) is 0.0982. The van der Waals surface area contributed by atoms with E-state index in [0.29, 0.717) is 38.6 Å². The van der Waals surface area contributed by atoms with Crippen LogP contribution in [0.1, 0.15) is 64.5 Å². The lowest BCUT2D eigenvalue weighted by Gasteiger charge is -2.27. The summed E-state index contributed by atoms with van der Waals surface area (Å²) in [4.78, 5) is 0. The molecule has 4 rings (SSSR count). The van der Waals surface area contributed by atoms with Crippen molar-refractivity contribution in [3.8, 4) is 11.5 Å². The van der Waals surface area contributed by atoms with E-state index >= 15 is 0 Å². The van der Waals surface area contributed by atoms with Crippen molar-refractivity contribution in [3.05, 3.63) is 59.7 Å². The molecule has 2 aliphatic heterocycles. The number of unbranched alkanes of at least 4 members (excludes halogenated alkanes) is 2. The van der Waals surface area contributed by atoms with E-state index in [4.69, 9.17) is 37.9 Å². The van der Waals surface area contributed by atoms with E-state index < -0.39 is 0 Å². The lowest BCUT2D eigenvalue weighted by Crippen LogP contribution is -2.20. The van der Waals surface area contributed by atoms with E-state index in [2.05, 4.69) is 38.1 Å². The molecule has 0 N–H and O–H groups in total. The molecule has 2 aromatic carbocycles. The predicted molar refractivity (Wildman–Crippen MR) is 157 cm³/mol. The van der Waals surface area contributed by atoms with Crippen molar-refractivity contribution in [1.82, 2.24) is 0 Å². The van der Waals surface area contributed by atoms with Crippen molar-refractivity contribution in [1.29, 1.82) is 0 Å². The standard InChI is InChI=1S/C33H48O8/c1-25(36-19-7-5-17-34-21-31-23-38-31)40-29-13-9-27(10-14-29)33(3,4)28-11-15-30(16-12-28)41-26(2)37-20-8-6-18-35-22-32-24-39-32/h9-16,25-26,31-32H,5-8,17-24H2,1-4H3. The second kappa shape index (κ2) is 16.4. The average Bonchev–Trinajstić information content (AvgIpc) is 3.89. The molecule has 2 saturated heterocycles. The molecule has 2 fully saturated rings. The van der Waals surface area contributed by atoms with E-state index in [1.807, 2.05) is 38.1 Å². The van der Waals surface area contributed by atoms with Gasteiger partial charge in [0.15, 0.2) is 12.6 Å². The molecule has 8 heteroatoms. The summed E-state index contributed by atoms with van der Waals surface area (Å²) >= 11 is 0. The molecule has 2 aliphatic rings. The van der Waals surface area contributed by atoms with Crippen molar-refractivity contribution >= 4 is 0 Å². The molecule has 41 heavy (non-hydrogen) atoms. The van der Waals surface area contributed by atoms with Gasteiger partial charge < -0.3 is 37.9 Å². The Morgan fingerprint density at radius 3 is 1.37 bits per heavy atom. The Balaban J connectivity index is 1.12. The molecule has 2 aromatic rings. The SMILES string of the molecule is CC(OCCCCOCC1CO1)Oc1ccc(C(C)(C)c2ccc(OC(C)OCCCCOCC3CO3)cc2)cc1. The molecule has 0 amide bonds. The first-order chi connectivity index (χ1) is 19.9. The molecule has 0 saturated carbocycles. The molecule has 0 aromatic heterocycles. The first-order valence-corrected chi connectivity index (χ1v) is 15.1. The van der Waals surface area contributed by atoms with Gasteiger partial charge in [-0.05, 0) is 74.9 Å². The molecule has 0 radical (unpaired) electrons. The predicted octanol–water partition coefficient (Wildman–Crippen LogP) is 5.89. The van der Waals surface area contributed by atoms with Gasteiger partial charge in [-0.2, -0.15) is 0 Å². The summed E-state index contributed by atoms with van der Waals surface area (Å²) in [6, 6.07) is 16.5. The topological polar surface area (TPSA) is 80.4 Å². The molecule has 4 atom stereocenters. The molecule has 0 spiro atoms. The Kier molecular flexibility index (Phi) is 12.7. The Bertz CT molecular complexity index is 906. The number of hydrogen-bond acceptors (Lipinski definition) is 8. The first kappa shape index (κ1) is 31.7. The fraction of sp³-hybridized carbons (Fsp3) is 0.636. The van der Waals surface area contributed by atoms with Gasteiger partial charge in [0.25, 0.3) is 0 Å². The molecule has 4 unspecified atom stereocenters. The summed E-state index contributed by atoms with van der Waals surface area (Å²) in [6.07, 6.45) is 3.85. The average molecular weight is 573 g/mol. The van der Waals surface area contributed by atoms with Gasteiger partial charge in [0.2, 0.25) is 0 Å². The normalized spacial score (nSPS) is 19.5. The number of hydrogen-bond donors (Lipinski definition) is 0. The van der Waals surface area contributed by atoms with Crippen LogP contribution in [0.5, 0.6) is 11.5 Å². The number of rotatable bonds is 22. The molecule has 8 nitrogen and oxygen atoms in total. The first-order valence-electron chi connectivity index (χ1n) is 15.1. The molecule has 0 aliphatic carbocycles. The van der Waals surface area contributed by atoms with Crippen molar-refractivity contribution in [3.63, 3.8) is 0 Å². The van der Waals surface area contributed by atoms with E-state index in [0.717, 1.165) is 63.6 Å². The van der Waals surface area contributed by atoms with Crippen molar-refractivity contribution in [2.45, 2.75) is 83.6 Å². The lowest BCUT2D eigenvalue weighted by atomic mass is 9.78. The highest BCUT2D eigenvalue weighted by atomic mass is 16.7. The fourth-order valence-corrected chi connectivity index (χ4v) is 4.39. The van der Waals surface area contributed by atoms with E-state index in [-0.39, 0.29) is 18.0 Å². The highest BCUT2D eigenvalue weighted by Gasteiger charge is 2.24. The van der Waals surface area contributed by atoms with E-state index in [1.54, 1.807) is 0 Å². The number of epoxide rings is 2. The van der Waals surface area contributed by atoms with Gasteiger partial charge in [0.05, 0.1) is 39.6 Å². The Morgan fingerprint density at radius 2 is 1.00 bits per heavy atom. The molecular formula is C33H48O8. The maximum atomic E-state index is 5.96. The zero-order valence-electron chi connectivity index (χ0n) is 25.2. The molecule has 0 bridgehead atoms. The van der Waals surface area contributed by atoms with Crippen LogP contribution in [0, 0.1) is 0 Å². The Labute approximate surface area is 245 Å². The summed E-state index contributed by atoms with van der Waals surface area (Å²) in [5.74, 6) is 1.59. The monoisotopic (exact) mass is 572 g/mol. The minimum atomic E-state index is -0.310. The summed E-state index contributed by atoms with van der Waals surface area (Å²) in [5.41, 5.74) is 2.23. The highest BCUT2D eigenvalue weighted by Crippen LogP contribution is 2.33. The van der Waals surface area contributed by atoms with Crippen molar-refractivity contribution in [2.75, 3.05) is 52.9 Å². The molecule has 2 heterocycles. The van der Waals surface area contributed by atoms with Crippen LogP contribution in [0.15, 0.2) is 48.5 Å². The summed E-state index contributed by atoms with van der Waals surface area (Å²) < 4.78 is 44.9. The maximum Gasteiger partial charge on any atom is 0.196 e. The lowest BCUT2D eigenvalue weighted by molar-refractivity contribution is -0.0689. The highest BCUT2D eigenvalue weighted by molar-refractivity contribution is 5.41. The zero-order chi connectivity index (χ0) is 28.9. The largest absolute Gasteiger partial charge is 0.465 e. The number of ether oxygens (including phenoxy) is 8. The van der Waals surface area contributed by atoms with Crippen molar-refractivity contribution in [2.24, 2.45) is 0 Å². The van der Waals surface area contributed by atoms with Gasteiger partial charge >= 0.3 is 0 Å². The summed E-state index contributed by atoms with van der Waals surface area (Å²) in [6.45, 7) is 14.2. The van der Waals surface area contributed by atoms with Crippen molar-refractivity contribution < 1.29 is 37.9 Å². The van der Waals surface area contributed by atoms with Crippen LogP contribution in [0.4, 0.5) is 0 Å². The van der Waals surface area contributed by atoms with Crippen LogP contribution in [0.3, 0.4) is 0 Å². The van der Waals surface area contributed by atoms with Gasteiger partial charge in [-0.15, -0.1) is 0 Å². The van der Waals surface area contributed by atoms with E-state index in [9.17, 15) is 0 Å². The minimum Gasteiger partial charge on any atom is -0.465 e. The minimum absolute atomic E-state index is 0.178. The summed E-state index contributed by atoms with van der Waals surface area (Å²) in [5, 5.41) is 0. The third kappa shape index (κ3) is 11.9. The third-order valence-corrected chi connectivity index (χ3v) is 7.24. The smallest absolute Gasteiger partial charge is 0.196 e. The van der Waals surface area contributed by atoms with Crippen LogP contribution in [0.2, 0.25) is 0 Å². The van der Waals surface area contributed by atoms with Crippen LogP contribution in [-0.2, 0) is 33.8 Å². The van der Waals surface area contributed by atoms with Crippen LogP contribution in [-0.4, -0.2) is 77.6 Å². The summed E-state index contributed by atoms with van der Waals surface area (Å²) in [7, 11) is 0. The Morgan fingerprint density at radius 1 is 0.634 bits per heavy atom. The van der Waals surface area contributed by atoms with Crippen LogP contribution >= 0.6 is 0 Å². The number of benzene rings is 2. The maximum absolute atomic E-state index is 5.96. The second-order valence-electron chi connectivity index (χ2n) is 11.3. The Hall–Kier alpha value is -2.20.